The fraction of sp³-hybridized carbons (Fsp3) is 0.0435. The molecule has 9 heteroatoms. The molecule has 0 fully saturated rings. The van der Waals surface area contributed by atoms with E-state index in [-0.39, 0.29) is 10.7 Å². The first-order valence-corrected chi connectivity index (χ1v) is 10.6. The molecular formula is C23H15ClF3N3OS. The Morgan fingerprint density at radius 1 is 1.09 bits per heavy atom. The van der Waals surface area contributed by atoms with Crippen LogP contribution in [0.2, 0.25) is 5.02 Å². The number of para-hydroxylation sites is 1. The van der Waals surface area contributed by atoms with E-state index in [2.05, 4.69) is 10.4 Å². The second kappa shape index (κ2) is 9.02. The van der Waals surface area contributed by atoms with Crippen LogP contribution in [0.5, 0.6) is 0 Å². The summed E-state index contributed by atoms with van der Waals surface area (Å²) in [5.74, 6) is -0.615. The number of halogens is 4. The first-order chi connectivity index (χ1) is 15.3. The molecule has 0 bridgehead atoms. The summed E-state index contributed by atoms with van der Waals surface area (Å²) in [7, 11) is 0. The molecule has 2 heterocycles. The van der Waals surface area contributed by atoms with E-state index in [4.69, 9.17) is 11.6 Å². The van der Waals surface area contributed by atoms with E-state index in [0.29, 0.717) is 11.3 Å². The molecule has 0 unspecified atom stereocenters. The number of aromatic nitrogens is 2. The second-order valence-electron chi connectivity index (χ2n) is 6.71. The maximum Gasteiger partial charge on any atom is 0.416 e. The van der Waals surface area contributed by atoms with E-state index in [0.717, 1.165) is 28.8 Å². The highest BCUT2D eigenvalue weighted by molar-refractivity contribution is 7.13. The standard InChI is InChI=1S/C23H15ClF3N3OS/c24-18-10-9-16(23(25,26)27)13-19(18)28-21(31)11-8-15-14-30(17-5-2-1-3-6-17)29-22(15)20-7-4-12-32-20/h1-14H,(H,28,31). The number of hydrogen-bond acceptors (Lipinski definition) is 3. The third-order valence-electron chi connectivity index (χ3n) is 4.48. The van der Waals surface area contributed by atoms with Crippen molar-refractivity contribution < 1.29 is 18.0 Å². The van der Waals surface area contributed by atoms with Gasteiger partial charge in [0.2, 0.25) is 5.91 Å². The number of carbonyl (C=O) groups is 1. The summed E-state index contributed by atoms with van der Waals surface area (Å²) in [5.41, 5.74) is 1.21. The van der Waals surface area contributed by atoms with E-state index in [9.17, 15) is 18.0 Å². The lowest BCUT2D eigenvalue weighted by Crippen LogP contribution is -2.11. The number of hydrogen-bond donors (Lipinski definition) is 1. The number of carbonyl (C=O) groups excluding carboxylic acids is 1. The van der Waals surface area contributed by atoms with Gasteiger partial charge < -0.3 is 5.32 Å². The molecule has 162 valence electrons. The SMILES string of the molecule is O=C(C=Cc1cn(-c2ccccc2)nc1-c1cccs1)Nc1cc(C(F)(F)F)ccc1Cl. The third-order valence-corrected chi connectivity index (χ3v) is 5.69. The minimum absolute atomic E-state index is 0.0101. The molecule has 32 heavy (non-hydrogen) atoms. The number of amides is 1. The van der Waals surface area contributed by atoms with Crippen LogP contribution in [0.25, 0.3) is 22.3 Å². The van der Waals surface area contributed by atoms with Crippen LogP contribution in [0, 0.1) is 0 Å². The highest BCUT2D eigenvalue weighted by atomic mass is 35.5. The summed E-state index contributed by atoms with van der Waals surface area (Å²) < 4.78 is 40.6. The average Bonchev–Trinajstić information content (AvgIpc) is 3.43. The molecule has 2 aromatic heterocycles. The average molecular weight is 474 g/mol. The lowest BCUT2D eigenvalue weighted by molar-refractivity contribution is -0.137. The lowest BCUT2D eigenvalue weighted by atomic mass is 10.2. The van der Waals surface area contributed by atoms with Crippen molar-refractivity contribution in [3.63, 3.8) is 0 Å². The molecule has 0 saturated carbocycles. The normalized spacial score (nSPS) is 11.8. The molecule has 0 radical (unpaired) electrons. The quantitative estimate of drug-likeness (QED) is 0.320. The van der Waals surface area contributed by atoms with Crippen molar-refractivity contribution >= 4 is 40.6 Å². The van der Waals surface area contributed by atoms with Gasteiger partial charge in [0.05, 0.1) is 26.8 Å². The first-order valence-electron chi connectivity index (χ1n) is 9.36. The van der Waals surface area contributed by atoms with Crippen LogP contribution in [0.15, 0.2) is 78.3 Å². The molecule has 1 amide bonds. The van der Waals surface area contributed by atoms with Gasteiger partial charge in [0, 0.05) is 17.8 Å². The van der Waals surface area contributed by atoms with Gasteiger partial charge in [0.15, 0.2) is 0 Å². The molecule has 0 aliphatic heterocycles. The Balaban J connectivity index is 1.61. The fourth-order valence-electron chi connectivity index (χ4n) is 2.96. The summed E-state index contributed by atoms with van der Waals surface area (Å²) >= 11 is 7.46. The maximum atomic E-state index is 12.9. The molecule has 0 saturated heterocycles. The zero-order valence-corrected chi connectivity index (χ0v) is 17.9. The van der Waals surface area contributed by atoms with Crippen LogP contribution in [0.1, 0.15) is 11.1 Å². The Kier molecular flexibility index (Phi) is 6.16. The van der Waals surface area contributed by atoms with Gasteiger partial charge in [0.1, 0.15) is 5.69 Å². The van der Waals surface area contributed by atoms with Crippen molar-refractivity contribution in [2.24, 2.45) is 0 Å². The number of rotatable bonds is 5. The van der Waals surface area contributed by atoms with Gasteiger partial charge in [-0.1, -0.05) is 35.9 Å². The number of alkyl halides is 3. The monoisotopic (exact) mass is 473 g/mol. The van der Waals surface area contributed by atoms with Crippen molar-refractivity contribution in [2.75, 3.05) is 5.32 Å². The Morgan fingerprint density at radius 3 is 2.56 bits per heavy atom. The van der Waals surface area contributed by atoms with Gasteiger partial charge in [-0.05, 0) is 47.9 Å². The van der Waals surface area contributed by atoms with Crippen LogP contribution in [-0.2, 0) is 11.0 Å². The van der Waals surface area contributed by atoms with Gasteiger partial charge in [0.25, 0.3) is 0 Å². The highest BCUT2D eigenvalue weighted by Gasteiger charge is 2.31. The van der Waals surface area contributed by atoms with Gasteiger partial charge >= 0.3 is 6.18 Å². The molecule has 4 nitrogen and oxygen atoms in total. The predicted molar refractivity (Wildman–Crippen MR) is 121 cm³/mol. The topological polar surface area (TPSA) is 46.9 Å². The number of thiophene rings is 1. The zero-order valence-electron chi connectivity index (χ0n) is 16.3. The van der Waals surface area contributed by atoms with E-state index < -0.39 is 17.6 Å². The molecule has 2 aromatic carbocycles. The van der Waals surface area contributed by atoms with Crippen LogP contribution in [-0.4, -0.2) is 15.7 Å². The van der Waals surface area contributed by atoms with Gasteiger partial charge in [-0.15, -0.1) is 11.3 Å². The molecule has 0 aliphatic carbocycles. The number of anilines is 1. The molecule has 1 N–H and O–H groups in total. The Hall–Kier alpha value is -3.36. The number of benzene rings is 2. The predicted octanol–water partition coefficient (Wildman–Crippen LogP) is 6.92. The van der Waals surface area contributed by atoms with E-state index in [1.54, 1.807) is 17.0 Å². The van der Waals surface area contributed by atoms with E-state index in [1.165, 1.54) is 17.4 Å². The van der Waals surface area contributed by atoms with Crippen LogP contribution < -0.4 is 5.32 Å². The van der Waals surface area contributed by atoms with Gasteiger partial charge in [-0.2, -0.15) is 18.3 Å². The van der Waals surface area contributed by atoms with Crippen LogP contribution in [0.4, 0.5) is 18.9 Å². The summed E-state index contributed by atoms with van der Waals surface area (Å²) in [6, 6.07) is 16.1. The maximum absolute atomic E-state index is 12.9. The summed E-state index contributed by atoms with van der Waals surface area (Å²) in [5, 5.41) is 8.97. The molecular weight excluding hydrogens is 459 g/mol. The summed E-state index contributed by atoms with van der Waals surface area (Å²) in [6.07, 6.45) is 0.0470. The first kappa shape index (κ1) is 21.9. The minimum atomic E-state index is -4.54. The lowest BCUT2D eigenvalue weighted by Gasteiger charge is -2.10. The largest absolute Gasteiger partial charge is 0.416 e. The summed E-state index contributed by atoms with van der Waals surface area (Å²) in [6.45, 7) is 0. The van der Waals surface area contributed by atoms with Crippen molar-refractivity contribution in [3.8, 4) is 16.3 Å². The van der Waals surface area contributed by atoms with Crippen molar-refractivity contribution in [1.29, 1.82) is 0 Å². The minimum Gasteiger partial charge on any atom is -0.321 e. The van der Waals surface area contributed by atoms with Crippen LogP contribution >= 0.6 is 22.9 Å². The van der Waals surface area contributed by atoms with Gasteiger partial charge in [-0.25, -0.2) is 4.68 Å². The van der Waals surface area contributed by atoms with Crippen molar-refractivity contribution in [3.05, 3.63) is 94.5 Å². The number of nitrogens with zero attached hydrogens (tertiary/aromatic N) is 2. The molecule has 4 aromatic rings. The highest BCUT2D eigenvalue weighted by Crippen LogP contribution is 2.34. The van der Waals surface area contributed by atoms with E-state index in [1.807, 2.05) is 47.8 Å². The Labute approximate surface area is 190 Å². The fourth-order valence-corrected chi connectivity index (χ4v) is 3.86. The smallest absolute Gasteiger partial charge is 0.321 e. The third kappa shape index (κ3) is 4.92. The van der Waals surface area contributed by atoms with Crippen LogP contribution in [0.3, 0.4) is 0 Å². The molecule has 4 rings (SSSR count). The zero-order chi connectivity index (χ0) is 22.7. The molecule has 0 spiro atoms. The Bertz CT molecular complexity index is 1270. The van der Waals surface area contributed by atoms with Crippen molar-refractivity contribution in [1.82, 2.24) is 9.78 Å². The van der Waals surface area contributed by atoms with Crippen molar-refractivity contribution in [2.45, 2.75) is 6.18 Å². The molecule has 0 atom stereocenters. The number of nitrogens with one attached hydrogen (secondary N) is 1. The summed E-state index contributed by atoms with van der Waals surface area (Å²) in [4.78, 5) is 13.3. The molecule has 0 aliphatic rings. The Morgan fingerprint density at radius 2 is 1.88 bits per heavy atom. The van der Waals surface area contributed by atoms with E-state index >= 15 is 0 Å². The second-order valence-corrected chi connectivity index (χ2v) is 8.06. The van der Waals surface area contributed by atoms with Gasteiger partial charge in [-0.3, -0.25) is 4.79 Å².